The predicted octanol–water partition coefficient (Wildman–Crippen LogP) is 3.82. The highest BCUT2D eigenvalue weighted by Crippen LogP contribution is 2.67. The molecule has 3 fully saturated rings. The Morgan fingerprint density at radius 1 is 1.20 bits per heavy atom. The highest BCUT2D eigenvalue weighted by atomic mass is 35.5. The fourth-order valence-electron chi connectivity index (χ4n) is 4.90. The van der Waals surface area contributed by atoms with Gasteiger partial charge in [-0.3, -0.25) is 4.79 Å². The standard InChI is InChI=1S/C22H23ClFNO4S/c1-15-3-2-4-16(7-15)10-30(27,28)14-21-11-22(12-21,13-21)25-20(26)9-29-17-5-6-18(23)19(24)8-17/h2-8H,9-14H2,1H3,(H,25,26). The molecule has 1 N–H and O–H groups in total. The van der Waals surface area contributed by atoms with E-state index in [-0.39, 0.29) is 45.7 Å². The van der Waals surface area contributed by atoms with Crippen molar-refractivity contribution in [3.63, 3.8) is 0 Å². The van der Waals surface area contributed by atoms with Crippen molar-refractivity contribution in [1.29, 1.82) is 0 Å². The van der Waals surface area contributed by atoms with Gasteiger partial charge in [-0.25, -0.2) is 12.8 Å². The number of hydrogen-bond acceptors (Lipinski definition) is 4. The van der Waals surface area contributed by atoms with Crippen LogP contribution in [0, 0.1) is 18.2 Å². The van der Waals surface area contributed by atoms with Gasteiger partial charge in [0.05, 0.1) is 16.5 Å². The number of benzene rings is 2. The number of carbonyl (C=O) groups is 1. The Morgan fingerprint density at radius 3 is 2.60 bits per heavy atom. The molecule has 0 atom stereocenters. The highest BCUT2D eigenvalue weighted by Gasteiger charge is 2.69. The summed E-state index contributed by atoms with van der Waals surface area (Å²) in [5, 5.41) is 2.93. The molecule has 1 amide bonds. The van der Waals surface area contributed by atoms with E-state index < -0.39 is 15.7 Å². The SMILES string of the molecule is Cc1cccc(CS(=O)(=O)CC23CC(NC(=O)COc4ccc(Cl)c(F)c4)(C2)C3)c1. The van der Waals surface area contributed by atoms with Crippen molar-refractivity contribution in [1.82, 2.24) is 5.32 Å². The van der Waals surface area contributed by atoms with Crippen LogP contribution in [-0.2, 0) is 20.4 Å². The fraction of sp³-hybridized carbons (Fsp3) is 0.409. The lowest BCUT2D eigenvalue weighted by molar-refractivity contribution is -0.156. The maximum Gasteiger partial charge on any atom is 0.258 e. The first-order chi connectivity index (χ1) is 14.1. The second kappa shape index (κ2) is 7.54. The van der Waals surface area contributed by atoms with Crippen LogP contribution in [0.5, 0.6) is 5.75 Å². The number of halogens is 2. The van der Waals surface area contributed by atoms with Gasteiger partial charge in [-0.05, 0) is 49.3 Å². The summed E-state index contributed by atoms with van der Waals surface area (Å²) in [6.45, 7) is 1.71. The predicted molar refractivity (Wildman–Crippen MR) is 113 cm³/mol. The Balaban J connectivity index is 1.25. The minimum absolute atomic E-state index is 0.0108. The largest absolute Gasteiger partial charge is 0.484 e. The first kappa shape index (κ1) is 21.1. The Kier molecular flexibility index (Phi) is 5.31. The van der Waals surface area contributed by atoms with E-state index in [1.165, 1.54) is 12.1 Å². The van der Waals surface area contributed by atoms with Crippen molar-refractivity contribution in [2.24, 2.45) is 5.41 Å². The zero-order valence-corrected chi connectivity index (χ0v) is 18.2. The zero-order valence-electron chi connectivity index (χ0n) is 16.6. The molecule has 3 aliphatic rings. The van der Waals surface area contributed by atoms with Gasteiger partial charge in [0.25, 0.3) is 5.91 Å². The Bertz CT molecular complexity index is 1080. The minimum Gasteiger partial charge on any atom is -0.484 e. The summed E-state index contributed by atoms with van der Waals surface area (Å²) >= 11 is 5.62. The summed E-state index contributed by atoms with van der Waals surface area (Å²) < 4.78 is 44.0. The fourth-order valence-corrected chi connectivity index (χ4v) is 7.05. The van der Waals surface area contributed by atoms with Crippen LogP contribution in [0.3, 0.4) is 0 Å². The molecule has 0 aromatic heterocycles. The lowest BCUT2D eigenvalue weighted by atomic mass is 9.40. The number of hydrogen-bond donors (Lipinski definition) is 1. The normalized spacial score (nSPS) is 24.5. The van der Waals surface area contributed by atoms with Crippen molar-refractivity contribution in [2.45, 2.75) is 37.5 Å². The molecule has 5 nitrogen and oxygen atoms in total. The number of amides is 1. The second-order valence-electron chi connectivity index (χ2n) is 8.74. The number of aryl methyl sites for hydroxylation is 1. The first-order valence-corrected chi connectivity index (χ1v) is 11.9. The molecule has 2 bridgehead atoms. The van der Waals surface area contributed by atoms with Crippen LogP contribution in [0.25, 0.3) is 0 Å². The molecule has 0 spiro atoms. The van der Waals surface area contributed by atoms with Gasteiger partial charge < -0.3 is 10.1 Å². The van der Waals surface area contributed by atoms with Gasteiger partial charge >= 0.3 is 0 Å². The number of carbonyl (C=O) groups excluding carboxylic acids is 1. The maximum absolute atomic E-state index is 13.4. The van der Waals surface area contributed by atoms with E-state index in [2.05, 4.69) is 5.32 Å². The molecule has 160 valence electrons. The molecular formula is C22H23ClFNO4S. The van der Waals surface area contributed by atoms with Gasteiger partial charge in [-0.1, -0.05) is 41.4 Å². The van der Waals surface area contributed by atoms with Crippen molar-refractivity contribution < 1.29 is 22.3 Å². The van der Waals surface area contributed by atoms with Crippen LogP contribution in [0.4, 0.5) is 4.39 Å². The van der Waals surface area contributed by atoms with Crippen LogP contribution in [-0.4, -0.2) is 32.2 Å². The maximum atomic E-state index is 13.4. The molecule has 2 aromatic carbocycles. The molecule has 0 radical (unpaired) electrons. The van der Waals surface area contributed by atoms with E-state index in [1.54, 1.807) is 0 Å². The van der Waals surface area contributed by atoms with E-state index in [0.29, 0.717) is 19.3 Å². The van der Waals surface area contributed by atoms with Crippen molar-refractivity contribution in [2.75, 3.05) is 12.4 Å². The number of nitrogens with one attached hydrogen (secondary N) is 1. The van der Waals surface area contributed by atoms with Crippen LogP contribution in [0.15, 0.2) is 42.5 Å². The zero-order chi connectivity index (χ0) is 21.6. The molecule has 2 aromatic rings. The molecule has 30 heavy (non-hydrogen) atoms. The van der Waals surface area contributed by atoms with Gasteiger partial charge in [0, 0.05) is 11.6 Å². The molecule has 0 heterocycles. The van der Waals surface area contributed by atoms with Crippen molar-refractivity contribution >= 4 is 27.3 Å². The van der Waals surface area contributed by atoms with Crippen LogP contribution in [0.2, 0.25) is 5.02 Å². The molecule has 0 saturated heterocycles. The Hall–Kier alpha value is -2.12. The summed E-state index contributed by atoms with van der Waals surface area (Å²) in [6.07, 6.45) is 1.98. The number of rotatable bonds is 8. The van der Waals surface area contributed by atoms with Gasteiger partial charge in [0.15, 0.2) is 16.4 Å². The number of sulfone groups is 1. The second-order valence-corrected chi connectivity index (χ2v) is 11.2. The Morgan fingerprint density at radius 2 is 1.93 bits per heavy atom. The molecule has 3 saturated carbocycles. The third-order valence-electron chi connectivity index (χ3n) is 5.80. The lowest BCUT2D eigenvalue weighted by Crippen LogP contribution is -2.76. The van der Waals surface area contributed by atoms with Crippen LogP contribution < -0.4 is 10.1 Å². The van der Waals surface area contributed by atoms with Gasteiger partial charge in [0.2, 0.25) is 0 Å². The molecule has 0 aliphatic heterocycles. The molecule has 8 heteroatoms. The topological polar surface area (TPSA) is 72.5 Å². The third kappa shape index (κ3) is 4.47. The van der Waals surface area contributed by atoms with Gasteiger partial charge in [-0.2, -0.15) is 0 Å². The molecule has 3 aliphatic carbocycles. The average molecular weight is 452 g/mol. The van der Waals surface area contributed by atoms with E-state index in [4.69, 9.17) is 16.3 Å². The van der Waals surface area contributed by atoms with Crippen molar-refractivity contribution in [3.05, 3.63) is 64.4 Å². The Labute approximate surface area is 180 Å². The van der Waals surface area contributed by atoms with E-state index in [1.807, 2.05) is 31.2 Å². The smallest absolute Gasteiger partial charge is 0.258 e. The van der Waals surface area contributed by atoms with Gasteiger partial charge in [0.1, 0.15) is 11.6 Å². The quantitative estimate of drug-likeness (QED) is 0.662. The molecule has 5 rings (SSSR count). The molecule has 0 unspecified atom stereocenters. The van der Waals surface area contributed by atoms with Crippen LogP contribution in [0.1, 0.15) is 30.4 Å². The summed E-state index contributed by atoms with van der Waals surface area (Å²) in [6, 6.07) is 11.5. The molecular weight excluding hydrogens is 429 g/mol. The van der Waals surface area contributed by atoms with E-state index in [9.17, 15) is 17.6 Å². The van der Waals surface area contributed by atoms with E-state index >= 15 is 0 Å². The van der Waals surface area contributed by atoms with Crippen LogP contribution >= 0.6 is 11.6 Å². The van der Waals surface area contributed by atoms with Crippen molar-refractivity contribution in [3.8, 4) is 5.75 Å². The summed E-state index contributed by atoms with van der Waals surface area (Å²) in [7, 11) is -3.22. The minimum atomic E-state index is -3.22. The monoisotopic (exact) mass is 451 g/mol. The number of ether oxygens (including phenoxy) is 1. The van der Waals surface area contributed by atoms with Gasteiger partial charge in [-0.15, -0.1) is 0 Å². The van der Waals surface area contributed by atoms with E-state index in [0.717, 1.165) is 17.2 Å². The lowest BCUT2D eigenvalue weighted by Gasteiger charge is -2.70. The summed E-state index contributed by atoms with van der Waals surface area (Å²) in [4.78, 5) is 12.2. The first-order valence-electron chi connectivity index (χ1n) is 9.73. The summed E-state index contributed by atoms with van der Waals surface area (Å²) in [5.41, 5.74) is 1.29. The summed E-state index contributed by atoms with van der Waals surface area (Å²) in [5.74, 6) is -0.500. The third-order valence-corrected chi connectivity index (χ3v) is 7.93. The highest BCUT2D eigenvalue weighted by molar-refractivity contribution is 7.90. The average Bonchev–Trinajstić information content (AvgIpc) is 2.59.